The van der Waals surface area contributed by atoms with Crippen LogP contribution in [0.15, 0.2) is 23.1 Å². The van der Waals surface area contributed by atoms with E-state index in [-0.39, 0.29) is 10.8 Å². The first-order valence-corrected chi connectivity index (χ1v) is 8.66. The molecule has 0 saturated heterocycles. The third kappa shape index (κ3) is 5.30. The van der Waals surface area contributed by atoms with Crippen molar-refractivity contribution in [2.75, 3.05) is 26.9 Å². The molecule has 1 rings (SSSR count). The minimum absolute atomic E-state index is 0.188. The van der Waals surface area contributed by atoms with E-state index in [0.29, 0.717) is 31.9 Å². The maximum absolute atomic E-state index is 12.4. The molecule has 21 heavy (non-hydrogen) atoms. The van der Waals surface area contributed by atoms with Crippen LogP contribution in [0.5, 0.6) is 5.75 Å². The second-order valence-electron chi connectivity index (χ2n) is 5.01. The van der Waals surface area contributed by atoms with Gasteiger partial charge in [0.15, 0.2) is 0 Å². The molecule has 1 aromatic rings. The molecule has 1 N–H and O–H groups in total. The molecule has 0 amide bonds. The summed E-state index contributed by atoms with van der Waals surface area (Å²) in [5.74, 6) is 0.611. The van der Waals surface area contributed by atoms with Gasteiger partial charge in [0.05, 0.1) is 7.11 Å². The standard InChI is InChI=1S/C15H25NO4S/c1-5-20-10-6-9-16-21(17,18)15-11-13(12(2)3)7-8-14(15)19-4/h7-8,11-12,16H,5-6,9-10H2,1-4H3. The molecule has 0 spiro atoms. The van der Waals surface area contributed by atoms with E-state index in [1.54, 1.807) is 12.1 Å². The Hall–Kier alpha value is -1.11. The van der Waals surface area contributed by atoms with Crippen LogP contribution in [0.2, 0.25) is 0 Å². The zero-order valence-electron chi connectivity index (χ0n) is 13.2. The van der Waals surface area contributed by atoms with E-state index in [1.165, 1.54) is 7.11 Å². The molecule has 0 fully saturated rings. The Morgan fingerprint density at radius 3 is 2.57 bits per heavy atom. The summed E-state index contributed by atoms with van der Waals surface area (Å²) in [6.45, 7) is 7.48. The lowest BCUT2D eigenvalue weighted by Crippen LogP contribution is -2.26. The molecule has 0 aliphatic carbocycles. The molecular formula is C15H25NO4S. The number of hydrogen-bond donors (Lipinski definition) is 1. The Morgan fingerprint density at radius 2 is 2.00 bits per heavy atom. The van der Waals surface area contributed by atoms with E-state index in [4.69, 9.17) is 9.47 Å². The van der Waals surface area contributed by atoms with Gasteiger partial charge in [0, 0.05) is 19.8 Å². The summed E-state index contributed by atoms with van der Waals surface area (Å²) in [6.07, 6.45) is 0.638. The Morgan fingerprint density at radius 1 is 1.29 bits per heavy atom. The van der Waals surface area contributed by atoms with Gasteiger partial charge >= 0.3 is 0 Å². The van der Waals surface area contributed by atoms with Gasteiger partial charge in [-0.15, -0.1) is 0 Å². The third-order valence-corrected chi connectivity index (χ3v) is 4.59. The largest absolute Gasteiger partial charge is 0.495 e. The molecule has 1 aromatic carbocycles. The molecule has 0 radical (unpaired) electrons. The molecule has 120 valence electrons. The molecule has 0 saturated carbocycles. The van der Waals surface area contributed by atoms with Crippen LogP contribution in [0.1, 0.15) is 38.7 Å². The first kappa shape index (κ1) is 17.9. The molecule has 5 nitrogen and oxygen atoms in total. The summed E-state index contributed by atoms with van der Waals surface area (Å²) in [5.41, 5.74) is 0.963. The van der Waals surface area contributed by atoms with E-state index in [1.807, 2.05) is 26.8 Å². The van der Waals surface area contributed by atoms with Gasteiger partial charge in [0.2, 0.25) is 10.0 Å². The average Bonchev–Trinajstić information content (AvgIpc) is 2.46. The Balaban J connectivity index is 2.87. The monoisotopic (exact) mass is 315 g/mol. The lowest BCUT2D eigenvalue weighted by molar-refractivity contribution is 0.146. The normalized spacial score (nSPS) is 11.9. The number of hydrogen-bond acceptors (Lipinski definition) is 4. The molecule has 0 bridgehead atoms. The van der Waals surface area contributed by atoms with Crippen molar-refractivity contribution in [1.29, 1.82) is 0 Å². The van der Waals surface area contributed by atoms with Crippen molar-refractivity contribution in [3.05, 3.63) is 23.8 Å². The highest BCUT2D eigenvalue weighted by Gasteiger charge is 2.20. The fourth-order valence-corrected chi connectivity index (χ4v) is 3.14. The minimum atomic E-state index is -3.58. The molecule has 0 aliphatic rings. The van der Waals surface area contributed by atoms with Crippen LogP contribution >= 0.6 is 0 Å². The molecular weight excluding hydrogens is 290 g/mol. The summed E-state index contributed by atoms with van der Waals surface area (Å²) < 4.78 is 37.7. The van der Waals surface area contributed by atoms with Crippen molar-refractivity contribution >= 4 is 10.0 Å². The van der Waals surface area contributed by atoms with Crippen LogP contribution in [-0.4, -0.2) is 35.3 Å². The number of sulfonamides is 1. The second kappa shape index (κ2) is 8.36. The van der Waals surface area contributed by atoms with Crippen molar-refractivity contribution in [3.63, 3.8) is 0 Å². The van der Waals surface area contributed by atoms with E-state index >= 15 is 0 Å². The third-order valence-electron chi connectivity index (χ3n) is 3.11. The van der Waals surface area contributed by atoms with Crippen LogP contribution in [0.25, 0.3) is 0 Å². The van der Waals surface area contributed by atoms with Gasteiger partial charge in [-0.05, 0) is 37.0 Å². The molecule has 6 heteroatoms. The molecule has 0 aliphatic heterocycles. The molecule has 0 unspecified atom stereocenters. The summed E-state index contributed by atoms with van der Waals surface area (Å²) in [5, 5.41) is 0. The van der Waals surface area contributed by atoms with E-state index in [0.717, 1.165) is 5.56 Å². The smallest absolute Gasteiger partial charge is 0.244 e. The topological polar surface area (TPSA) is 64.6 Å². The van der Waals surface area contributed by atoms with Crippen molar-refractivity contribution in [3.8, 4) is 5.75 Å². The van der Waals surface area contributed by atoms with Crippen molar-refractivity contribution in [2.45, 2.75) is 38.0 Å². The van der Waals surface area contributed by atoms with Crippen LogP contribution < -0.4 is 9.46 Å². The minimum Gasteiger partial charge on any atom is -0.495 e. The average molecular weight is 315 g/mol. The van der Waals surface area contributed by atoms with Crippen molar-refractivity contribution in [1.82, 2.24) is 4.72 Å². The SMILES string of the molecule is CCOCCCNS(=O)(=O)c1cc(C(C)C)ccc1OC. The summed E-state index contributed by atoms with van der Waals surface area (Å²) in [7, 11) is -2.11. The Kier molecular flexibility index (Phi) is 7.14. The number of rotatable bonds is 9. The first-order valence-electron chi connectivity index (χ1n) is 7.17. The zero-order chi connectivity index (χ0) is 15.9. The lowest BCUT2D eigenvalue weighted by Gasteiger charge is -2.14. The molecule has 0 aromatic heterocycles. The van der Waals surface area contributed by atoms with E-state index in [2.05, 4.69) is 4.72 Å². The number of ether oxygens (including phenoxy) is 2. The number of benzene rings is 1. The predicted molar refractivity (Wildman–Crippen MR) is 83.4 cm³/mol. The van der Waals surface area contributed by atoms with Gasteiger partial charge in [-0.1, -0.05) is 19.9 Å². The van der Waals surface area contributed by atoms with Crippen LogP contribution in [-0.2, 0) is 14.8 Å². The van der Waals surface area contributed by atoms with Crippen LogP contribution in [0.3, 0.4) is 0 Å². The highest BCUT2D eigenvalue weighted by Crippen LogP contribution is 2.27. The van der Waals surface area contributed by atoms with E-state index in [9.17, 15) is 8.42 Å². The number of methoxy groups -OCH3 is 1. The molecule has 0 atom stereocenters. The van der Waals surface area contributed by atoms with Gasteiger partial charge in [0.25, 0.3) is 0 Å². The van der Waals surface area contributed by atoms with Crippen molar-refractivity contribution in [2.24, 2.45) is 0 Å². The lowest BCUT2D eigenvalue weighted by atomic mass is 10.0. The van der Waals surface area contributed by atoms with Gasteiger partial charge in [0.1, 0.15) is 10.6 Å². The first-order chi connectivity index (χ1) is 9.92. The summed E-state index contributed by atoms with van der Waals surface area (Å²) in [4.78, 5) is 0.188. The summed E-state index contributed by atoms with van der Waals surface area (Å²) >= 11 is 0. The predicted octanol–water partition coefficient (Wildman–Crippen LogP) is 2.52. The highest BCUT2D eigenvalue weighted by atomic mass is 32.2. The Bertz CT molecular complexity index is 541. The maximum Gasteiger partial charge on any atom is 0.244 e. The van der Waals surface area contributed by atoms with Gasteiger partial charge < -0.3 is 9.47 Å². The molecule has 0 heterocycles. The fourth-order valence-electron chi connectivity index (χ4n) is 1.87. The summed E-state index contributed by atoms with van der Waals surface area (Å²) in [6, 6.07) is 5.26. The van der Waals surface area contributed by atoms with Gasteiger partial charge in [-0.2, -0.15) is 0 Å². The van der Waals surface area contributed by atoms with Crippen molar-refractivity contribution < 1.29 is 17.9 Å². The Labute approximate surface area is 127 Å². The highest BCUT2D eigenvalue weighted by molar-refractivity contribution is 7.89. The van der Waals surface area contributed by atoms with Gasteiger partial charge in [-0.25, -0.2) is 13.1 Å². The fraction of sp³-hybridized carbons (Fsp3) is 0.600. The zero-order valence-corrected chi connectivity index (χ0v) is 14.0. The van der Waals surface area contributed by atoms with Crippen LogP contribution in [0.4, 0.5) is 0 Å². The quantitative estimate of drug-likeness (QED) is 0.711. The van der Waals surface area contributed by atoms with Crippen LogP contribution in [0, 0.1) is 0 Å². The number of nitrogens with one attached hydrogen (secondary N) is 1. The maximum atomic E-state index is 12.4. The van der Waals surface area contributed by atoms with E-state index < -0.39 is 10.0 Å². The van der Waals surface area contributed by atoms with Gasteiger partial charge in [-0.3, -0.25) is 0 Å². The second-order valence-corrected chi connectivity index (χ2v) is 6.75.